The van der Waals surface area contributed by atoms with Crippen LogP contribution in [0.3, 0.4) is 0 Å². The van der Waals surface area contributed by atoms with Crippen LogP contribution in [0, 0.1) is 6.92 Å². The monoisotopic (exact) mass is 384 g/mol. The first-order valence-electron chi connectivity index (χ1n) is 9.36. The van der Waals surface area contributed by atoms with Crippen molar-refractivity contribution in [3.63, 3.8) is 0 Å². The summed E-state index contributed by atoms with van der Waals surface area (Å²) in [6, 6.07) is 20.4. The van der Waals surface area contributed by atoms with Gasteiger partial charge >= 0.3 is 5.97 Å². The highest BCUT2D eigenvalue weighted by Gasteiger charge is 2.23. The van der Waals surface area contributed by atoms with Gasteiger partial charge in [-0.25, -0.2) is 4.79 Å². The number of ketones is 1. The van der Waals surface area contributed by atoms with E-state index in [-0.39, 0.29) is 11.3 Å². The summed E-state index contributed by atoms with van der Waals surface area (Å²) in [6.45, 7) is 4.02. The van der Waals surface area contributed by atoms with E-state index >= 15 is 0 Å². The molecule has 4 rings (SSSR count). The second kappa shape index (κ2) is 7.40. The molecule has 1 heterocycles. The molecule has 0 amide bonds. The molecule has 144 valence electrons. The molecule has 3 aromatic carbocycles. The smallest absolute Gasteiger partial charge is 0.335 e. The molecule has 0 atom stereocenters. The third-order valence-corrected chi connectivity index (χ3v) is 5.13. The molecule has 4 nitrogen and oxygen atoms in total. The molecule has 29 heavy (non-hydrogen) atoms. The molecule has 0 spiro atoms. The standard InChI is InChI=1S/C25H20O4/c1-15-3-12-23-21(13-15)22(14-29-23)24(18-6-4-17(5-7-18)16(2)26)19-8-10-20(11-9-19)25(27)28/h3-13H,14H2,1-2H3,(H,27,28)/b24-22-. The molecule has 0 radical (unpaired) electrons. The number of aryl methyl sites for hydroxylation is 1. The first-order valence-corrected chi connectivity index (χ1v) is 9.36. The minimum atomic E-state index is -0.957. The van der Waals surface area contributed by atoms with Crippen molar-refractivity contribution in [1.82, 2.24) is 0 Å². The SMILES string of the molecule is CC(=O)c1ccc(/C(=C2\COc3ccc(C)cc32)c2ccc(C(=O)O)cc2)cc1. The average Bonchev–Trinajstić information content (AvgIpc) is 3.12. The number of benzene rings is 3. The molecule has 0 bridgehead atoms. The average molecular weight is 384 g/mol. The van der Waals surface area contributed by atoms with Crippen LogP contribution in [-0.2, 0) is 0 Å². The van der Waals surface area contributed by atoms with Crippen LogP contribution in [-0.4, -0.2) is 23.5 Å². The van der Waals surface area contributed by atoms with Gasteiger partial charge in [0.2, 0.25) is 0 Å². The first kappa shape index (κ1) is 18.7. The zero-order chi connectivity index (χ0) is 20.5. The number of carboxylic acid groups (broad SMARTS) is 1. The Labute approximate surface area is 169 Å². The fourth-order valence-electron chi connectivity index (χ4n) is 3.61. The summed E-state index contributed by atoms with van der Waals surface area (Å²) >= 11 is 0. The Kier molecular flexibility index (Phi) is 4.77. The van der Waals surface area contributed by atoms with E-state index in [9.17, 15) is 14.7 Å². The van der Waals surface area contributed by atoms with E-state index in [4.69, 9.17) is 4.74 Å². The van der Waals surface area contributed by atoms with Crippen molar-refractivity contribution in [3.8, 4) is 5.75 Å². The number of hydrogen-bond acceptors (Lipinski definition) is 3. The second-order valence-corrected chi connectivity index (χ2v) is 7.16. The highest BCUT2D eigenvalue weighted by molar-refractivity contribution is 6.02. The van der Waals surface area contributed by atoms with Crippen LogP contribution in [0.5, 0.6) is 5.75 Å². The van der Waals surface area contributed by atoms with Crippen molar-refractivity contribution < 1.29 is 19.4 Å². The summed E-state index contributed by atoms with van der Waals surface area (Å²) in [7, 11) is 0. The number of ether oxygens (including phenoxy) is 1. The van der Waals surface area contributed by atoms with E-state index in [1.54, 1.807) is 19.1 Å². The molecule has 4 heteroatoms. The zero-order valence-electron chi connectivity index (χ0n) is 16.2. The normalized spacial score (nSPS) is 14.1. The van der Waals surface area contributed by atoms with Crippen molar-refractivity contribution in [2.75, 3.05) is 6.61 Å². The van der Waals surface area contributed by atoms with Crippen molar-refractivity contribution in [2.45, 2.75) is 13.8 Å². The largest absolute Gasteiger partial charge is 0.488 e. The maximum absolute atomic E-state index is 11.7. The maximum Gasteiger partial charge on any atom is 0.335 e. The predicted octanol–water partition coefficient (Wildman–Crippen LogP) is 5.25. The minimum absolute atomic E-state index is 0.0155. The number of aromatic carboxylic acids is 1. The number of carbonyl (C=O) groups is 2. The Hall–Kier alpha value is -3.66. The fourth-order valence-corrected chi connectivity index (χ4v) is 3.61. The van der Waals surface area contributed by atoms with Gasteiger partial charge in [0.15, 0.2) is 5.78 Å². The highest BCUT2D eigenvalue weighted by Crippen LogP contribution is 2.41. The number of carboxylic acids is 1. The molecule has 1 aliphatic heterocycles. The number of Topliss-reactive ketones (excluding diaryl/α,β-unsaturated/α-hetero) is 1. The van der Waals surface area contributed by atoms with Gasteiger partial charge in [-0.3, -0.25) is 4.79 Å². The first-order chi connectivity index (χ1) is 13.9. The van der Waals surface area contributed by atoms with Crippen LogP contribution < -0.4 is 4.74 Å². The summed E-state index contributed by atoms with van der Waals surface area (Å²) < 4.78 is 5.91. The molecule has 0 aliphatic carbocycles. The summed E-state index contributed by atoms with van der Waals surface area (Å²) in [5.41, 5.74) is 6.94. The van der Waals surface area contributed by atoms with E-state index in [0.717, 1.165) is 39.1 Å². The number of hydrogen-bond donors (Lipinski definition) is 1. The van der Waals surface area contributed by atoms with Gasteiger partial charge in [0.25, 0.3) is 0 Å². The van der Waals surface area contributed by atoms with Crippen LogP contribution in [0.2, 0.25) is 0 Å². The van der Waals surface area contributed by atoms with Gasteiger partial charge in [0.1, 0.15) is 12.4 Å². The van der Waals surface area contributed by atoms with Crippen molar-refractivity contribution >= 4 is 22.9 Å². The Morgan fingerprint density at radius 2 is 1.38 bits per heavy atom. The maximum atomic E-state index is 11.7. The number of rotatable bonds is 4. The molecule has 0 saturated carbocycles. The topological polar surface area (TPSA) is 63.6 Å². The van der Waals surface area contributed by atoms with E-state index in [0.29, 0.717) is 12.2 Å². The molecular formula is C25H20O4. The Balaban J connectivity index is 1.92. The van der Waals surface area contributed by atoms with Gasteiger partial charge in [-0.05, 0) is 54.8 Å². The lowest BCUT2D eigenvalue weighted by atomic mass is 9.89. The van der Waals surface area contributed by atoms with E-state index in [2.05, 4.69) is 6.07 Å². The number of fused-ring (bicyclic) bond motifs is 1. The van der Waals surface area contributed by atoms with Crippen LogP contribution in [0.25, 0.3) is 11.1 Å². The van der Waals surface area contributed by atoms with E-state index < -0.39 is 5.97 Å². The van der Waals surface area contributed by atoms with Gasteiger partial charge in [0.05, 0.1) is 5.56 Å². The lowest BCUT2D eigenvalue weighted by molar-refractivity contribution is 0.0696. The summed E-state index contributed by atoms with van der Waals surface area (Å²) in [4.78, 5) is 22.9. The van der Waals surface area contributed by atoms with Crippen LogP contribution in [0.4, 0.5) is 0 Å². The highest BCUT2D eigenvalue weighted by atomic mass is 16.5. The van der Waals surface area contributed by atoms with Gasteiger partial charge in [-0.15, -0.1) is 0 Å². The molecule has 0 saturated heterocycles. The molecule has 0 aromatic heterocycles. The molecule has 0 unspecified atom stereocenters. The molecule has 1 N–H and O–H groups in total. The van der Waals surface area contributed by atoms with Gasteiger partial charge in [-0.1, -0.05) is 48.0 Å². The minimum Gasteiger partial charge on any atom is -0.488 e. The van der Waals surface area contributed by atoms with Crippen LogP contribution in [0.15, 0.2) is 66.7 Å². The third-order valence-electron chi connectivity index (χ3n) is 5.13. The molecule has 1 aliphatic rings. The van der Waals surface area contributed by atoms with E-state index in [1.165, 1.54) is 0 Å². The predicted molar refractivity (Wildman–Crippen MR) is 112 cm³/mol. The van der Waals surface area contributed by atoms with Gasteiger partial charge in [-0.2, -0.15) is 0 Å². The van der Waals surface area contributed by atoms with Crippen molar-refractivity contribution in [1.29, 1.82) is 0 Å². The third kappa shape index (κ3) is 3.57. The fraction of sp³-hybridized carbons (Fsp3) is 0.120. The van der Waals surface area contributed by atoms with Crippen LogP contribution in [0.1, 0.15) is 49.9 Å². The van der Waals surface area contributed by atoms with Gasteiger partial charge in [0, 0.05) is 16.7 Å². The lowest BCUT2D eigenvalue weighted by Crippen LogP contribution is -2.00. The van der Waals surface area contributed by atoms with Crippen molar-refractivity contribution in [2.24, 2.45) is 0 Å². The lowest BCUT2D eigenvalue weighted by Gasteiger charge is -2.14. The molecular weight excluding hydrogens is 364 g/mol. The van der Waals surface area contributed by atoms with Crippen molar-refractivity contribution in [3.05, 3.63) is 100 Å². The summed E-state index contributed by atoms with van der Waals surface area (Å²) in [5.74, 6) is -0.103. The Morgan fingerprint density at radius 3 is 1.93 bits per heavy atom. The molecule has 3 aromatic rings. The van der Waals surface area contributed by atoms with Crippen LogP contribution >= 0.6 is 0 Å². The Morgan fingerprint density at radius 1 is 0.828 bits per heavy atom. The van der Waals surface area contributed by atoms with Gasteiger partial charge < -0.3 is 9.84 Å². The Bertz CT molecular complexity index is 1080. The zero-order valence-corrected chi connectivity index (χ0v) is 16.2. The second-order valence-electron chi connectivity index (χ2n) is 7.16. The number of carbonyl (C=O) groups excluding carboxylic acids is 1. The quantitative estimate of drug-likeness (QED) is 0.624. The summed E-state index contributed by atoms with van der Waals surface area (Å²) in [5, 5.41) is 9.22. The summed E-state index contributed by atoms with van der Waals surface area (Å²) in [6.07, 6.45) is 0. The molecule has 0 fully saturated rings. The van der Waals surface area contributed by atoms with E-state index in [1.807, 2.05) is 55.5 Å².